The van der Waals surface area contributed by atoms with Gasteiger partial charge in [0.15, 0.2) is 5.01 Å². The third-order valence-electron chi connectivity index (χ3n) is 2.65. The minimum absolute atomic E-state index is 0.218. The lowest BCUT2D eigenvalue weighted by atomic mass is 10.3. The van der Waals surface area contributed by atoms with Gasteiger partial charge in [0.1, 0.15) is 0 Å². The average Bonchev–Trinajstić information content (AvgIpc) is 2.84. The van der Waals surface area contributed by atoms with Crippen molar-refractivity contribution in [1.29, 1.82) is 0 Å². The predicted octanol–water partition coefficient (Wildman–Crippen LogP) is 4.96. The first kappa shape index (κ1) is 13.5. The lowest BCUT2D eigenvalue weighted by Gasteiger charge is -2.02. The number of amides is 1. The molecule has 0 aliphatic carbocycles. The number of aromatic nitrogens is 1. The molecule has 0 aliphatic heterocycles. The highest BCUT2D eigenvalue weighted by atomic mass is 79.9. The van der Waals surface area contributed by atoms with Gasteiger partial charge < -0.3 is 5.32 Å². The first-order valence-corrected chi connectivity index (χ1v) is 7.73. The maximum absolute atomic E-state index is 12.1. The van der Waals surface area contributed by atoms with Crippen LogP contribution >= 0.6 is 38.9 Å². The number of nitrogens with zero attached hydrogens (tertiary/aromatic N) is 1. The lowest BCUT2D eigenvalue weighted by Crippen LogP contribution is -2.11. The Morgan fingerprint density at radius 3 is 2.70 bits per heavy atom. The van der Waals surface area contributed by atoms with Crippen molar-refractivity contribution in [3.8, 4) is 0 Å². The maximum Gasteiger partial charge on any atom is 0.284 e. The standard InChI is InChI=1S/C14H8BrClN2OS/c15-8-1-4-10(5-2-8)17-13(19)14-18-11-7-9(16)3-6-12(11)20-14/h1-7H,(H,17,19). The number of hydrogen-bond donors (Lipinski definition) is 1. The van der Waals surface area contributed by atoms with Crippen molar-refractivity contribution in [2.75, 3.05) is 5.32 Å². The van der Waals surface area contributed by atoms with Crippen LogP contribution in [0.4, 0.5) is 5.69 Å². The molecule has 0 saturated heterocycles. The lowest BCUT2D eigenvalue weighted by molar-refractivity contribution is 0.102. The van der Waals surface area contributed by atoms with Crippen LogP contribution in [0.3, 0.4) is 0 Å². The highest BCUT2D eigenvalue weighted by molar-refractivity contribution is 9.10. The van der Waals surface area contributed by atoms with Crippen LogP contribution in [0, 0.1) is 0 Å². The van der Waals surface area contributed by atoms with Gasteiger partial charge in [0.2, 0.25) is 0 Å². The molecule has 0 bridgehead atoms. The Bertz CT molecular complexity index is 785. The number of carbonyl (C=O) groups excluding carboxylic acids is 1. The van der Waals surface area contributed by atoms with Crippen molar-refractivity contribution in [3.05, 3.63) is 57.0 Å². The number of hydrogen-bond acceptors (Lipinski definition) is 3. The van der Waals surface area contributed by atoms with Gasteiger partial charge in [0, 0.05) is 15.2 Å². The molecule has 0 saturated carbocycles. The SMILES string of the molecule is O=C(Nc1ccc(Br)cc1)c1nc2cc(Cl)ccc2s1. The molecule has 0 spiro atoms. The molecule has 0 radical (unpaired) electrons. The van der Waals surface area contributed by atoms with Crippen LogP contribution in [0.2, 0.25) is 5.02 Å². The van der Waals surface area contributed by atoms with E-state index in [9.17, 15) is 4.79 Å². The third-order valence-corrected chi connectivity index (χ3v) is 4.44. The molecule has 1 amide bonds. The minimum atomic E-state index is -0.218. The number of rotatable bonds is 2. The molecule has 1 N–H and O–H groups in total. The van der Waals surface area contributed by atoms with Crippen LogP contribution in [0.1, 0.15) is 9.80 Å². The molecule has 0 aliphatic rings. The molecule has 6 heteroatoms. The van der Waals surface area contributed by atoms with Gasteiger partial charge in [-0.05, 0) is 42.5 Å². The number of nitrogens with one attached hydrogen (secondary N) is 1. The minimum Gasteiger partial charge on any atom is -0.320 e. The van der Waals surface area contributed by atoms with Crippen LogP contribution in [-0.4, -0.2) is 10.9 Å². The van der Waals surface area contributed by atoms with Gasteiger partial charge in [-0.25, -0.2) is 4.98 Å². The van der Waals surface area contributed by atoms with Crippen LogP contribution < -0.4 is 5.32 Å². The molecule has 3 nitrogen and oxygen atoms in total. The summed E-state index contributed by atoms with van der Waals surface area (Å²) in [5, 5.41) is 3.85. The zero-order valence-electron chi connectivity index (χ0n) is 10.1. The Kier molecular flexibility index (Phi) is 3.74. The summed E-state index contributed by atoms with van der Waals surface area (Å²) < 4.78 is 1.90. The summed E-state index contributed by atoms with van der Waals surface area (Å²) in [5.41, 5.74) is 1.47. The number of anilines is 1. The summed E-state index contributed by atoms with van der Waals surface area (Å²) in [5.74, 6) is -0.218. The van der Waals surface area contributed by atoms with E-state index in [0.717, 1.165) is 20.4 Å². The molecule has 100 valence electrons. The van der Waals surface area contributed by atoms with E-state index in [4.69, 9.17) is 11.6 Å². The van der Waals surface area contributed by atoms with E-state index in [0.29, 0.717) is 10.0 Å². The molecule has 2 aromatic carbocycles. The van der Waals surface area contributed by atoms with Crippen LogP contribution in [0.5, 0.6) is 0 Å². The number of thiazole rings is 1. The summed E-state index contributed by atoms with van der Waals surface area (Å²) in [4.78, 5) is 16.4. The number of fused-ring (bicyclic) bond motifs is 1. The summed E-state index contributed by atoms with van der Waals surface area (Å²) in [6, 6.07) is 12.8. The second-order valence-corrected chi connectivity index (χ2v) is 6.47. The van der Waals surface area contributed by atoms with E-state index in [1.807, 2.05) is 30.3 Å². The highest BCUT2D eigenvalue weighted by Crippen LogP contribution is 2.25. The topological polar surface area (TPSA) is 42.0 Å². The van der Waals surface area contributed by atoms with E-state index < -0.39 is 0 Å². The molecule has 1 heterocycles. The summed E-state index contributed by atoms with van der Waals surface area (Å²) >= 11 is 10.6. The van der Waals surface area contributed by atoms with Crippen LogP contribution in [0.15, 0.2) is 46.9 Å². The van der Waals surface area contributed by atoms with Gasteiger partial charge in [0.25, 0.3) is 5.91 Å². The van der Waals surface area contributed by atoms with E-state index >= 15 is 0 Å². The van der Waals surface area contributed by atoms with E-state index in [1.165, 1.54) is 11.3 Å². The predicted molar refractivity (Wildman–Crippen MR) is 86.7 cm³/mol. The second kappa shape index (κ2) is 5.52. The largest absolute Gasteiger partial charge is 0.320 e. The van der Waals surface area contributed by atoms with Gasteiger partial charge in [-0.3, -0.25) is 4.79 Å². The molecular formula is C14H8BrClN2OS. The first-order valence-electron chi connectivity index (χ1n) is 5.75. The van der Waals surface area contributed by atoms with Crippen molar-refractivity contribution in [2.24, 2.45) is 0 Å². The second-order valence-electron chi connectivity index (χ2n) is 4.09. The van der Waals surface area contributed by atoms with Gasteiger partial charge >= 0.3 is 0 Å². The van der Waals surface area contributed by atoms with Crippen molar-refractivity contribution in [1.82, 2.24) is 4.98 Å². The van der Waals surface area contributed by atoms with Gasteiger partial charge in [-0.1, -0.05) is 27.5 Å². The van der Waals surface area contributed by atoms with E-state index in [-0.39, 0.29) is 5.91 Å². The molecule has 3 aromatic rings. The number of benzene rings is 2. The van der Waals surface area contributed by atoms with Crippen molar-refractivity contribution in [2.45, 2.75) is 0 Å². The monoisotopic (exact) mass is 366 g/mol. The Morgan fingerprint density at radius 1 is 1.20 bits per heavy atom. The Labute approximate surface area is 132 Å². The van der Waals surface area contributed by atoms with Crippen molar-refractivity contribution >= 4 is 60.7 Å². The highest BCUT2D eigenvalue weighted by Gasteiger charge is 2.12. The van der Waals surface area contributed by atoms with Crippen molar-refractivity contribution < 1.29 is 4.79 Å². The van der Waals surface area contributed by atoms with E-state index in [1.54, 1.807) is 12.1 Å². The van der Waals surface area contributed by atoms with Crippen molar-refractivity contribution in [3.63, 3.8) is 0 Å². The van der Waals surface area contributed by atoms with Gasteiger partial charge in [0.05, 0.1) is 10.2 Å². The quantitative estimate of drug-likeness (QED) is 0.695. The molecule has 0 unspecified atom stereocenters. The number of carbonyl (C=O) groups is 1. The normalized spacial score (nSPS) is 10.7. The molecule has 1 aromatic heterocycles. The number of halogens is 2. The van der Waals surface area contributed by atoms with Gasteiger partial charge in [-0.15, -0.1) is 11.3 Å². The summed E-state index contributed by atoms with van der Waals surface area (Å²) in [6.07, 6.45) is 0. The molecule has 20 heavy (non-hydrogen) atoms. The molecular weight excluding hydrogens is 360 g/mol. The van der Waals surface area contributed by atoms with Crippen LogP contribution in [-0.2, 0) is 0 Å². The third kappa shape index (κ3) is 2.85. The fourth-order valence-electron chi connectivity index (χ4n) is 1.72. The maximum atomic E-state index is 12.1. The smallest absolute Gasteiger partial charge is 0.284 e. The first-order chi connectivity index (χ1) is 9.61. The van der Waals surface area contributed by atoms with Crippen LogP contribution in [0.25, 0.3) is 10.2 Å². The summed E-state index contributed by atoms with van der Waals surface area (Å²) in [6.45, 7) is 0. The summed E-state index contributed by atoms with van der Waals surface area (Å²) in [7, 11) is 0. The Hall–Kier alpha value is -1.43. The molecule has 3 rings (SSSR count). The Balaban J connectivity index is 1.86. The van der Waals surface area contributed by atoms with Gasteiger partial charge in [-0.2, -0.15) is 0 Å². The molecule has 0 atom stereocenters. The zero-order valence-corrected chi connectivity index (χ0v) is 13.2. The fraction of sp³-hybridized carbons (Fsp3) is 0. The Morgan fingerprint density at radius 2 is 1.95 bits per heavy atom. The fourth-order valence-corrected chi connectivity index (χ4v) is 2.99. The zero-order chi connectivity index (χ0) is 14.1. The average molecular weight is 368 g/mol. The molecule has 0 fully saturated rings. The van der Waals surface area contributed by atoms with E-state index in [2.05, 4.69) is 26.2 Å².